The third kappa shape index (κ3) is 4.18. The van der Waals surface area contributed by atoms with E-state index in [4.69, 9.17) is 0 Å². The topological polar surface area (TPSA) is 12.4 Å². The van der Waals surface area contributed by atoms with Crippen LogP contribution < -0.4 is 0 Å². The molecule has 1 heteroatoms. The average molecular weight is 155 g/mol. The molecule has 2 unspecified atom stereocenters. The molecule has 0 aromatic rings. The lowest BCUT2D eigenvalue weighted by Crippen LogP contribution is -2.13. The lowest BCUT2D eigenvalue weighted by molar-refractivity contribution is 0.400. The van der Waals surface area contributed by atoms with Crippen molar-refractivity contribution in [3.63, 3.8) is 0 Å². The maximum atomic E-state index is 4.39. The van der Waals surface area contributed by atoms with Crippen molar-refractivity contribution in [2.75, 3.05) is 0 Å². The second-order valence-electron chi connectivity index (χ2n) is 3.10. The lowest BCUT2D eigenvalue weighted by Gasteiger charge is -2.17. The van der Waals surface area contributed by atoms with Crippen LogP contribution in [0.25, 0.3) is 0 Å². The molecule has 0 aromatic heterocycles. The predicted octanol–water partition coefficient (Wildman–Crippen LogP) is 3.29. The Labute approximate surface area is 70.9 Å². The molecular formula is C10H21N. The highest BCUT2D eigenvalue weighted by Gasteiger charge is 2.11. The number of nitrogens with zero attached hydrogens (tertiary/aromatic N) is 1. The maximum Gasteiger partial charge on any atom is 0.0495 e. The molecule has 66 valence electrons. The van der Waals surface area contributed by atoms with Crippen molar-refractivity contribution in [3.05, 3.63) is 0 Å². The molecule has 11 heavy (non-hydrogen) atoms. The summed E-state index contributed by atoms with van der Waals surface area (Å²) in [5.74, 6) is 0.788. The van der Waals surface area contributed by atoms with Gasteiger partial charge >= 0.3 is 0 Å². The van der Waals surface area contributed by atoms with Crippen molar-refractivity contribution in [2.24, 2.45) is 10.9 Å². The van der Waals surface area contributed by atoms with Gasteiger partial charge in [0, 0.05) is 6.04 Å². The van der Waals surface area contributed by atoms with Gasteiger partial charge in [-0.1, -0.05) is 26.7 Å². The van der Waals surface area contributed by atoms with Crippen LogP contribution in [0.3, 0.4) is 0 Å². The van der Waals surface area contributed by atoms with Gasteiger partial charge in [0.2, 0.25) is 0 Å². The molecule has 1 nitrogen and oxygen atoms in total. The second-order valence-corrected chi connectivity index (χ2v) is 3.10. The molecule has 0 spiro atoms. The molecule has 0 rings (SSSR count). The Hall–Kier alpha value is -0.330. The van der Waals surface area contributed by atoms with E-state index in [0.717, 1.165) is 5.92 Å². The van der Waals surface area contributed by atoms with Crippen molar-refractivity contribution in [3.8, 4) is 0 Å². The Morgan fingerprint density at radius 3 is 2.36 bits per heavy atom. The fraction of sp³-hybridized carbons (Fsp3) is 0.900. The number of rotatable bonds is 5. The van der Waals surface area contributed by atoms with Gasteiger partial charge in [0.1, 0.15) is 0 Å². The summed E-state index contributed by atoms with van der Waals surface area (Å²) in [6.07, 6.45) is 5.77. The third-order valence-electron chi connectivity index (χ3n) is 2.25. The highest BCUT2D eigenvalue weighted by molar-refractivity contribution is 5.53. The van der Waals surface area contributed by atoms with Crippen LogP contribution in [0.4, 0.5) is 0 Å². The Kier molecular flexibility index (Phi) is 6.19. The van der Waals surface area contributed by atoms with Gasteiger partial charge in [-0.15, -0.1) is 0 Å². The minimum absolute atomic E-state index is 0.518. The Morgan fingerprint density at radius 2 is 2.00 bits per heavy atom. The molecule has 0 radical (unpaired) electrons. The van der Waals surface area contributed by atoms with Gasteiger partial charge in [-0.25, -0.2) is 0 Å². The van der Waals surface area contributed by atoms with Crippen molar-refractivity contribution in [1.82, 2.24) is 0 Å². The van der Waals surface area contributed by atoms with E-state index in [1.54, 1.807) is 0 Å². The highest BCUT2D eigenvalue weighted by atomic mass is 14.8. The standard InChI is InChI=1S/C10H21N/c1-5-8-10(6-2)9(4)11-7-3/h7,9-10H,5-6,8H2,1-4H3. The lowest BCUT2D eigenvalue weighted by atomic mass is 9.94. The average Bonchev–Trinajstić information content (AvgIpc) is 2.00. The van der Waals surface area contributed by atoms with E-state index in [2.05, 4.69) is 25.8 Å². The summed E-state index contributed by atoms with van der Waals surface area (Å²) in [7, 11) is 0. The summed E-state index contributed by atoms with van der Waals surface area (Å²) < 4.78 is 0. The second kappa shape index (κ2) is 6.38. The van der Waals surface area contributed by atoms with Gasteiger partial charge in [0.05, 0.1) is 0 Å². The predicted molar refractivity (Wildman–Crippen MR) is 52.3 cm³/mol. The zero-order valence-corrected chi connectivity index (χ0v) is 8.30. The van der Waals surface area contributed by atoms with E-state index >= 15 is 0 Å². The molecule has 0 aliphatic rings. The minimum atomic E-state index is 0.518. The van der Waals surface area contributed by atoms with Crippen LogP contribution in [-0.2, 0) is 0 Å². The van der Waals surface area contributed by atoms with Crippen molar-refractivity contribution in [1.29, 1.82) is 0 Å². The maximum absolute atomic E-state index is 4.39. The van der Waals surface area contributed by atoms with Crippen LogP contribution >= 0.6 is 0 Å². The van der Waals surface area contributed by atoms with Crippen LogP contribution in [0.5, 0.6) is 0 Å². The molecule has 0 aliphatic carbocycles. The highest BCUT2D eigenvalue weighted by Crippen LogP contribution is 2.17. The summed E-state index contributed by atoms with van der Waals surface area (Å²) in [5.41, 5.74) is 0. The van der Waals surface area contributed by atoms with E-state index in [1.807, 2.05) is 13.1 Å². The monoisotopic (exact) mass is 155 g/mol. The summed E-state index contributed by atoms with van der Waals surface area (Å²) >= 11 is 0. The van der Waals surface area contributed by atoms with E-state index in [-0.39, 0.29) is 0 Å². The summed E-state index contributed by atoms with van der Waals surface area (Å²) in [6.45, 7) is 8.70. The Bertz CT molecular complexity index is 107. The van der Waals surface area contributed by atoms with E-state index in [0.29, 0.717) is 6.04 Å². The molecule has 0 aromatic carbocycles. The van der Waals surface area contributed by atoms with Crippen LogP contribution in [0, 0.1) is 5.92 Å². The number of hydrogen-bond acceptors (Lipinski definition) is 1. The van der Waals surface area contributed by atoms with Crippen molar-refractivity contribution >= 4 is 6.21 Å². The van der Waals surface area contributed by atoms with E-state index in [1.165, 1.54) is 19.3 Å². The summed E-state index contributed by atoms with van der Waals surface area (Å²) in [4.78, 5) is 4.39. The molecule has 0 amide bonds. The van der Waals surface area contributed by atoms with Gasteiger partial charge in [-0.05, 0) is 32.4 Å². The molecule has 0 aliphatic heterocycles. The van der Waals surface area contributed by atoms with Gasteiger partial charge in [-0.2, -0.15) is 0 Å². The molecule has 0 saturated heterocycles. The van der Waals surface area contributed by atoms with Crippen LogP contribution in [0.15, 0.2) is 4.99 Å². The fourth-order valence-corrected chi connectivity index (χ4v) is 1.51. The Morgan fingerprint density at radius 1 is 1.36 bits per heavy atom. The molecule has 0 fully saturated rings. The summed E-state index contributed by atoms with van der Waals surface area (Å²) in [5, 5.41) is 0. The van der Waals surface area contributed by atoms with Gasteiger partial charge in [0.15, 0.2) is 0 Å². The van der Waals surface area contributed by atoms with Crippen LogP contribution in [-0.4, -0.2) is 12.3 Å². The number of aliphatic imine (C=N–C) groups is 1. The van der Waals surface area contributed by atoms with Gasteiger partial charge in [0.25, 0.3) is 0 Å². The zero-order chi connectivity index (χ0) is 8.69. The first-order valence-corrected chi connectivity index (χ1v) is 4.74. The first kappa shape index (κ1) is 10.7. The third-order valence-corrected chi connectivity index (χ3v) is 2.25. The SMILES string of the molecule is CC=NC(C)C(CC)CCC. The normalized spacial score (nSPS) is 17.1. The van der Waals surface area contributed by atoms with Crippen LogP contribution in [0.1, 0.15) is 47.0 Å². The van der Waals surface area contributed by atoms with E-state index in [9.17, 15) is 0 Å². The molecule has 0 bridgehead atoms. The smallest absolute Gasteiger partial charge is 0.0495 e. The van der Waals surface area contributed by atoms with Crippen LogP contribution in [0.2, 0.25) is 0 Å². The molecule has 0 N–H and O–H groups in total. The molecular weight excluding hydrogens is 134 g/mol. The zero-order valence-electron chi connectivity index (χ0n) is 8.30. The Balaban J connectivity index is 3.80. The molecule has 0 saturated carbocycles. The fourth-order valence-electron chi connectivity index (χ4n) is 1.51. The minimum Gasteiger partial charge on any atom is -0.295 e. The largest absolute Gasteiger partial charge is 0.295 e. The summed E-state index contributed by atoms with van der Waals surface area (Å²) in [6, 6.07) is 0.518. The molecule has 0 heterocycles. The van der Waals surface area contributed by atoms with Crippen molar-refractivity contribution in [2.45, 2.75) is 53.0 Å². The van der Waals surface area contributed by atoms with E-state index < -0.39 is 0 Å². The first-order chi connectivity index (χ1) is 5.26. The van der Waals surface area contributed by atoms with Gasteiger partial charge < -0.3 is 0 Å². The quantitative estimate of drug-likeness (QED) is 0.540. The van der Waals surface area contributed by atoms with Crippen molar-refractivity contribution < 1.29 is 0 Å². The first-order valence-electron chi connectivity index (χ1n) is 4.74. The molecule has 2 atom stereocenters. The number of hydrogen-bond donors (Lipinski definition) is 0. The van der Waals surface area contributed by atoms with Gasteiger partial charge in [-0.3, -0.25) is 4.99 Å².